The van der Waals surface area contributed by atoms with Gasteiger partial charge in [-0.05, 0) is 18.2 Å². The maximum Gasteiger partial charge on any atom is 0.341 e. The molecule has 3 nitrogen and oxygen atoms in total. The minimum Gasteiger partial charge on any atom is -0.465 e. The van der Waals surface area contributed by atoms with E-state index >= 15 is 0 Å². The molecule has 0 saturated carbocycles. The van der Waals surface area contributed by atoms with E-state index in [-0.39, 0.29) is 0 Å². The van der Waals surface area contributed by atoms with Crippen molar-refractivity contribution in [3.8, 4) is 11.3 Å². The first-order valence-corrected chi connectivity index (χ1v) is 6.43. The molecule has 100 valence electrons. The standard InChI is InChI=1S/C16H11ClO3/c1-19-16(18)13-9-12(17)7-11-8-14(20-15(11)13)10-5-3-2-4-6-10/h2-9H,1H3. The van der Waals surface area contributed by atoms with Gasteiger partial charge in [0, 0.05) is 16.0 Å². The van der Waals surface area contributed by atoms with E-state index in [1.807, 2.05) is 36.4 Å². The molecule has 0 bridgehead atoms. The van der Waals surface area contributed by atoms with Crippen molar-refractivity contribution in [1.82, 2.24) is 0 Å². The zero-order chi connectivity index (χ0) is 14.1. The number of hydrogen-bond donors (Lipinski definition) is 0. The minimum absolute atomic E-state index is 0.331. The van der Waals surface area contributed by atoms with Crippen molar-refractivity contribution < 1.29 is 13.9 Å². The highest BCUT2D eigenvalue weighted by Crippen LogP contribution is 2.32. The van der Waals surface area contributed by atoms with Crippen LogP contribution in [-0.4, -0.2) is 13.1 Å². The summed E-state index contributed by atoms with van der Waals surface area (Å²) in [5.41, 5.74) is 1.76. The summed E-state index contributed by atoms with van der Waals surface area (Å²) in [5.74, 6) is 0.222. The van der Waals surface area contributed by atoms with Crippen LogP contribution in [0, 0.1) is 0 Å². The molecule has 0 fully saturated rings. The first-order valence-electron chi connectivity index (χ1n) is 6.06. The van der Waals surface area contributed by atoms with E-state index in [9.17, 15) is 4.79 Å². The van der Waals surface area contributed by atoms with Gasteiger partial charge in [0.1, 0.15) is 16.9 Å². The van der Waals surface area contributed by atoms with Crippen LogP contribution in [0.4, 0.5) is 0 Å². The van der Waals surface area contributed by atoms with E-state index in [0.29, 0.717) is 21.9 Å². The van der Waals surface area contributed by atoms with Crippen molar-refractivity contribution in [2.24, 2.45) is 0 Å². The van der Waals surface area contributed by atoms with E-state index in [0.717, 1.165) is 10.9 Å². The van der Waals surface area contributed by atoms with Gasteiger partial charge in [-0.2, -0.15) is 0 Å². The number of halogens is 1. The van der Waals surface area contributed by atoms with Crippen LogP contribution in [0.3, 0.4) is 0 Å². The summed E-state index contributed by atoms with van der Waals surface area (Å²) in [6, 6.07) is 14.8. The predicted molar refractivity (Wildman–Crippen MR) is 78.0 cm³/mol. The van der Waals surface area contributed by atoms with Gasteiger partial charge in [-0.15, -0.1) is 0 Å². The molecule has 3 aromatic rings. The Morgan fingerprint density at radius 3 is 2.60 bits per heavy atom. The van der Waals surface area contributed by atoms with Crippen LogP contribution in [0.15, 0.2) is 52.9 Å². The highest BCUT2D eigenvalue weighted by Gasteiger charge is 2.17. The molecule has 0 aliphatic heterocycles. The normalized spacial score (nSPS) is 10.7. The summed E-state index contributed by atoms with van der Waals surface area (Å²) in [7, 11) is 1.33. The number of ether oxygens (including phenoxy) is 1. The Morgan fingerprint density at radius 1 is 1.15 bits per heavy atom. The van der Waals surface area contributed by atoms with Crippen LogP contribution in [0.1, 0.15) is 10.4 Å². The van der Waals surface area contributed by atoms with Crippen LogP contribution >= 0.6 is 11.6 Å². The topological polar surface area (TPSA) is 39.4 Å². The average molecular weight is 287 g/mol. The average Bonchev–Trinajstić information content (AvgIpc) is 2.90. The first-order chi connectivity index (χ1) is 9.69. The van der Waals surface area contributed by atoms with Gasteiger partial charge < -0.3 is 9.15 Å². The van der Waals surface area contributed by atoms with Crippen molar-refractivity contribution in [3.05, 3.63) is 59.1 Å². The third kappa shape index (κ3) is 2.17. The molecule has 0 atom stereocenters. The zero-order valence-corrected chi connectivity index (χ0v) is 11.5. The third-order valence-electron chi connectivity index (χ3n) is 3.04. The van der Waals surface area contributed by atoms with Gasteiger partial charge in [0.05, 0.1) is 7.11 Å². The molecule has 0 spiro atoms. The second-order valence-electron chi connectivity index (χ2n) is 4.34. The number of esters is 1. The summed E-state index contributed by atoms with van der Waals surface area (Å²) in [6.45, 7) is 0. The third-order valence-corrected chi connectivity index (χ3v) is 3.26. The van der Waals surface area contributed by atoms with Crippen molar-refractivity contribution in [3.63, 3.8) is 0 Å². The summed E-state index contributed by atoms with van der Waals surface area (Å²) in [5, 5.41) is 1.25. The zero-order valence-electron chi connectivity index (χ0n) is 10.7. The number of methoxy groups -OCH3 is 1. The molecule has 20 heavy (non-hydrogen) atoms. The number of fused-ring (bicyclic) bond motifs is 1. The largest absolute Gasteiger partial charge is 0.465 e. The number of carbonyl (C=O) groups excluding carboxylic acids is 1. The molecule has 1 heterocycles. The highest BCUT2D eigenvalue weighted by atomic mass is 35.5. The molecule has 1 aromatic heterocycles. The van der Waals surface area contributed by atoms with E-state index in [4.69, 9.17) is 20.8 Å². The quantitative estimate of drug-likeness (QED) is 0.649. The molecule has 0 aliphatic rings. The van der Waals surface area contributed by atoms with Gasteiger partial charge in [-0.1, -0.05) is 41.9 Å². The molecule has 0 N–H and O–H groups in total. The second-order valence-corrected chi connectivity index (χ2v) is 4.78. The minimum atomic E-state index is -0.466. The fraction of sp³-hybridized carbons (Fsp3) is 0.0625. The van der Waals surface area contributed by atoms with Gasteiger partial charge >= 0.3 is 5.97 Å². The van der Waals surface area contributed by atoms with Gasteiger partial charge in [-0.3, -0.25) is 0 Å². The Hall–Kier alpha value is -2.26. The molecule has 3 rings (SSSR count). The van der Waals surface area contributed by atoms with E-state index in [1.165, 1.54) is 7.11 Å². The highest BCUT2D eigenvalue weighted by molar-refractivity contribution is 6.32. The Morgan fingerprint density at radius 2 is 1.90 bits per heavy atom. The maximum absolute atomic E-state index is 11.8. The fourth-order valence-corrected chi connectivity index (χ4v) is 2.35. The number of carbonyl (C=O) groups is 1. The molecular formula is C16H11ClO3. The van der Waals surface area contributed by atoms with Crippen LogP contribution < -0.4 is 0 Å². The number of furan rings is 1. The van der Waals surface area contributed by atoms with Gasteiger partial charge in [0.15, 0.2) is 0 Å². The van der Waals surface area contributed by atoms with Crippen molar-refractivity contribution in [1.29, 1.82) is 0 Å². The summed E-state index contributed by atoms with van der Waals surface area (Å²) in [6.07, 6.45) is 0. The van der Waals surface area contributed by atoms with Crippen molar-refractivity contribution in [2.75, 3.05) is 7.11 Å². The Balaban J connectivity index is 2.23. The lowest BCUT2D eigenvalue weighted by molar-refractivity contribution is 0.0602. The fourth-order valence-electron chi connectivity index (χ4n) is 2.12. The lowest BCUT2D eigenvalue weighted by Crippen LogP contribution is -2.01. The van der Waals surface area contributed by atoms with Gasteiger partial charge in [-0.25, -0.2) is 4.79 Å². The SMILES string of the molecule is COC(=O)c1cc(Cl)cc2cc(-c3ccccc3)oc12. The summed E-state index contributed by atoms with van der Waals surface area (Å²) < 4.78 is 10.6. The van der Waals surface area contributed by atoms with Crippen LogP contribution in [0.2, 0.25) is 5.02 Å². The number of rotatable bonds is 2. The first kappa shape index (κ1) is 12.8. The lowest BCUT2D eigenvalue weighted by Gasteiger charge is -2.01. The monoisotopic (exact) mass is 286 g/mol. The molecule has 0 amide bonds. The van der Waals surface area contributed by atoms with E-state index < -0.39 is 5.97 Å². The smallest absolute Gasteiger partial charge is 0.341 e. The predicted octanol–water partition coefficient (Wildman–Crippen LogP) is 4.54. The van der Waals surface area contributed by atoms with Gasteiger partial charge in [0.25, 0.3) is 0 Å². The molecule has 2 aromatic carbocycles. The molecule has 0 radical (unpaired) electrons. The Labute approximate surface area is 120 Å². The Bertz CT molecular complexity index is 775. The van der Waals surface area contributed by atoms with E-state index in [2.05, 4.69) is 0 Å². The molecule has 0 unspecified atom stereocenters. The summed E-state index contributed by atoms with van der Waals surface area (Å²) in [4.78, 5) is 11.8. The lowest BCUT2D eigenvalue weighted by atomic mass is 10.1. The van der Waals surface area contributed by atoms with Crippen molar-refractivity contribution in [2.45, 2.75) is 0 Å². The van der Waals surface area contributed by atoms with Gasteiger partial charge in [0.2, 0.25) is 0 Å². The maximum atomic E-state index is 11.8. The second kappa shape index (κ2) is 5.02. The molecule has 4 heteroatoms. The van der Waals surface area contributed by atoms with Crippen molar-refractivity contribution >= 4 is 28.5 Å². The molecule has 0 aliphatic carbocycles. The summed E-state index contributed by atoms with van der Waals surface area (Å²) >= 11 is 6.03. The van der Waals surface area contributed by atoms with Crippen LogP contribution in [-0.2, 0) is 4.74 Å². The van der Waals surface area contributed by atoms with Crippen LogP contribution in [0.5, 0.6) is 0 Å². The number of benzene rings is 2. The van der Waals surface area contributed by atoms with E-state index in [1.54, 1.807) is 12.1 Å². The Kier molecular flexibility index (Phi) is 3.20. The number of hydrogen-bond acceptors (Lipinski definition) is 3. The van der Waals surface area contributed by atoms with Crippen LogP contribution in [0.25, 0.3) is 22.3 Å². The molecule has 0 saturated heterocycles. The molecular weight excluding hydrogens is 276 g/mol.